The van der Waals surface area contributed by atoms with Gasteiger partial charge in [-0.3, -0.25) is 4.79 Å². The van der Waals surface area contributed by atoms with E-state index >= 15 is 0 Å². The van der Waals surface area contributed by atoms with E-state index in [2.05, 4.69) is 0 Å². The van der Waals surface area contributed by atoms with E-state index in [0.717, 1.165) is 18.3 Å². The van der Waals surface area contributed by atoms with Crippen LogP contribution >= 0.6 is 34.5 Å². The Balaban J connectivity index is 3.11. The van der Waals surface area contributed by atoms with Crippen LogP contribution in [-0.2, 0) is 14.8 Å². The Labute approximate surface area is 94.9 Å². The molecular weight excluding hydrogens is 269 g/mol. The lowest BCUT2D eigenvalue weighted by molar-refractivity contribution is -0.117. The number of rotatable bonds is 2. The monoisotopic (exact) mass is 273 g/mol. The minimum Gasteiger partial charge on any atom is -0.274 e. The third kappa shape index (κ3) is 2.60. The molecule has 78 valence electrons. The van der Waals surface area contributed by atoms with Gasteiger partial charge in [-0.25, -0.2) is 13.1 Å². The zero-order valence-corrected chi connectivity index (χ0v) is 10.0. The Hall–Kier alpha value is -0.300. The number of amides is 1. The van der Waals surface area contributed by atoms with Gasteiger partial charge in [-0.2, -0.15) is 0 Å². The summed E-state index contributed by atoms with van der Waals surface area (Å²) in [6.45, 7) is 1.11. The Morgan fingerprint density at radius 2 is 2.07 bits per heavy atom. The second kappa shape index (κ2) is 4.06. The van der Waals surface area contributed by atoms with Crippen LogP contribution in [0.3, 0.4) is 0 Å². The molecule has 0 aromatic carbocycles. The van der Waals surface area contributed by atoms with Gasteiger partial charge in [-0.05, 0) is 6.07 Å². The average molecular weight is 274 g/mol. The van der Waals surface area contributed by atoms with Gasteiger partial charge in [0.15, 0.2) is 0 Å². The first kappa shape index (κ1) is 11.8. The van der Waals surface area contributed by atoms with Crippen molar-refractivity contribution in [1.82, 2.24) is 4.72 Å². The van der Waals surface area contributed by atoms with Crippen LogP contribution in [0.15, 0.2) is 10.3 Å². The minimum atomic E-state index is -3.81. The van der Waals surface area contributed by atoms with E-state index in [4.69, 9.17) is 23.2 Å². The highest BCUT2D eigenvalue weighted by Gasteiger charge is 2.19. The molecule has 0 spiro atoms. The van der Waals surface area contributed by atoms with Crippen LogP contribution in [0.1, 0.15) is 6.92 Å². The van der Waals surface area contributed by atoms with Gasteiger partial charge in [-0.15, -0.1) is 11.3 Å². The second-order valence-corrected chi connectivity index (χ2v) is 6.32. The van der Waals surface area contributed by atoms with Crippen LogP contribution in [0.2, 0.25) is 9.36 Å². The molecule has 1 aromatic heterocycles. The number of thiophene rings is 1. The van der Waals surface area contributed by atoms with Crippen LogP contribution in [-0.4, -0.2) is 14.3 Å². The van der Waals surface area contributed by atoms with E-state index < -0.39 is 15.9 Å². The van der Waals surface area contributed by atoms with E-state index in [9.17, 15) is 13.2 Å². The van der Waals surface area contributed by atoms with Crippen molar-refractivity contribution in [1.29, 1.82) is 0 Å². The van der Waals surface area contributed by atoms with Crippen molar-refractivity contribution in [3.8, 4) is 0 Å². The predicted octanol–water partition coefficient (Wildman–Crippen LogP) is 1.88. The standard InChI is InChI=1S/C6H5Cl2NO3S2/c1-3(10)9-14(11,12)5-2-4(7)6(8)13-5/h2H,1H3,(H,9,10). The number of hydrogen-bond donors (Lipinski definition) is 1. The number of hydrogen-bond acceptors (Lipinski definition) is 4. The molecule has 0 aliphatic heterocycles. The minimum absolute atomic E-state index is 0.0808. The fourth-order valence-corrected chi connectivity index (χ4v) is 3.57. The lowest BCUT2D eigenvalue weighted by Gasteiger charge is -1.99. The molecule has 0 aliphatic carbocycles. The van der Waals surface area contributed by atoms with Crippen molar-refractivity contribution >= 4 is 50.5 Å². The number of nitrogens with one attached hydrogen (secondary N) is 1. The van der Waals surface area contributed by atoms with Crippen LogP contribution in [0.4, 0.5) is 0 Å². The van der Waals surface area contributed by atoms with Crippen LogP contribution < -0.4 is 4.72 Å². The molecule has 1 rings (SSSR count). The third-order valence-electron chi connectivity index (χ3n) is 1.17. The Bertz CT molecular complexity index is 446. The summed E-state index contributed by atoms with van der Waals surface area (Å²) in [4.78, 5) is 10.6. The third-order valence-corrected chi connectivity index (χ3v) is 4.94. The van der Waals surface area contributed by atoms with Gasteiger partial charge in [0.25, 0.3) is 10.0 Å². The Morgan fingerprint density at radius 1 is 1.50 bits per heavy atom. The second-order valence-electron chi connectivity index (χ2n) is 2.35. The summed E-state index contributed by atoms with van der Waals surface area (Å²) in [6.07, 6.45) is 0. The molecule has 0 bridgehead atoms. The van der Waals surface area contributed by atoms with E-state index in [1.54, 1.807) is 4.72 Å². The van der Waals surface area contributed by atoms with Crippen LogP contribution in [0.5, 0.6) is 0 Å². The molecule has 0 unspecified atom stereocenters. The van der Waals surface area contributed by atoms with E-state index in [1.165, 1.54) is 6.07 Å². The topological polar surface area (TPSA) is 63.2 Å². The zero-order valence-electron chi connectivity index (χ0n) is 6.87. The van der Waals surface area contributed by atoms with Crippen molar-refractivity contribution < 1.29 is 13.2 Å². The lowest BCUT2D eigenvalue weighted by Crippen LogP contribution is -2.27. The van der Waals surface area contributed by atoms with Gasteiger partial charge in [-0.1, -0.05) is 23.2 Å². The van der Waals surface area contributed by atoms with Crippen molar-refractivity contribution in [3.63, 3.8) is 0 Å². The molecule has 1 N–H and O–H groups in total. The maximum atomic E-state index is 11.4. The number of carbonyl (C=O) groups excluding carboxylic acids is 1. The number of halogens is 2. The van der Waals surface area contributed by atoms with Crippen molar-refractivity contribution in [2.75, 3.05) is 0 Å². The fraction of sp³-hybridized carbons (Fsp3) is 0.167. The summed E-state index contributed by atoms with van der Waals surface area (Å²) in [5.41, 5.74) is 0. The largest absolute Gasteiger partial charge is 0.274 e. The molecule has 0 radical (unpaired) electrons. The first-order valence-corrected chi connectivity index (χ1v) is 6.36. The van der Waals surface area contributed by atoms with Crippen molar-refractivity contribution in [3.05, 3.63) is 15.4 Å². The van der Waals surface area contributed by atoms with Crippen molar-refractivity contribution in [2.45, 2.75) is 11.1 Å². The molecular formula is C6H5Cl2NO3S2. The molecule has 0 fully saturated rings. The maximum absolute atomic E-state index is 11.4. The Kier molecular flexibility index (Phi) is 3.41. The summed E-state index contributed by atoms with van der Waals surface area (Å²) >= 11 is 11.9. The summed E-state index contributed by atoms with van der Waals surface area (Å²) in [5.74, 6) is -0.661. The van der Waals surface area contributed by atoms with Crippen LogP contribution in [0.25, 0.3) is 0 Å². The average Bonchev–Trinajstić information content (AvgIpc) is 2.30. The van der Waals surface area contributed by atoms with Gasteiger partial charge in [0.05, 0.1) is 5.02 Å². The normalized spacial score (nSPS) is 11.4. The van der Waals surface area contributed by atoms with E-state index in [1.807, 2.05) is 0 Å². The number of carbonyl (C=O) groups is 1. The van der Waals surface area contributed by atoms with Gasteiger partial charge >= 0.3 is 0 Å². The molecule has 0 saturated heterocycles. The maximum Gasteiger partial charge on any atom is 0.273 e. The first-order chi connectivity index (χ1) is 6.33. The first-order valence-electron chi connectivity index (χ1n) is 3.31. The number of sulfonamides is 1. The molecule has 0 atom stereocenters. The molecule has 0 saturated carbocycles. The lowest BCUT2D eigenvalue weighted by atomic mass is 10.7. The molecule has 0 aliphatic rings. The van der Waals surface area contributed by atoms with Gasteiger partial charge in [0.1, 0.15) is 8.55 Å². The van der Waals surface area contributed by atoms with Gasteiger partial charge in [0, 0.05) is 6.92 Å². The fourth-order valence-electron chi connectivity index (χ4n) is 0.699. The molecule has 8 heteroatoms. The highest BCUT2D eigenvalue weighted by molar-refractivity contribution is 7.92. The van der Waals surface area contributed by atoms with Gasteiger partial charge in [0.2, 0.25) is 5.91 Å². The van der Waals surface area contributed by atoms with E-state index in [0.29, 0.717) is 0 Å². The summed E-state index contributed by atoms with van der Waals surface area (Å²) in [7, 11) is -3.81. The molecule has 1 heterocycles. The van der Waals surface area contributed by atoms with Crippen molar-refractivity contribution in [2.24, 2.45) is 0 Å². The van der Waals surface area contributed by atoms with Crippen LogP contribution in [0, 0.1) is 0 Å². The quantitative estimate of drug-likeness (QED) is 0.895. The predicted molar refractivity (Wildman–Crippen MR) is 55.3 cm³/mol. The smallest absolute Gasteiger partial charge is 0.273 e. The highest BCUT2D eigenvalue weighted by Crippen LogP contribution is 2.33. The summed E-state index contributed by atoms with van der Waals surface area (Å²) < 4.78 is 24.6. The molecule has 14 heavy (non-hydrogen) atoms. The van der Waals surface area contributed by atoms with E-state index in [-0.39, 0.29) is 13.6 Å². The molecule has 1 aromatic rings. The SMILES string of the molecule is CC(=O)NS(=O)(=O)c1cc(Cl)c(Cl)s1. The Morgan fingerprint density at radius 3 is 2.43 bits per heavy atom. The molecule has 1 amide bonds. The van der Waals surface area contributed by atoms with Gasteiger partial charge < -0.3 is 0 Å². The summed E-state index contributed by atoms with van der Waals surface area (Å²) in [6, 6.07) is 1.19. The highest BCUT2D eigenvalue weighted by atomic mass is 35.5. The summed E-state index contributed by atoms with van der Waals surface area (Å²) in [5, 5.41) is 0.153. The zero-order chi connectivity index (χ0) is 10.9. The molecule has 4 nitrogen and oxygen atoms in total.